The van der Waals surface area contributed by atoms with Crippen LogP contribution in [0.5, 0.6) is 5.75 Å². The molecule has 1 aromatic rings. The Morgan fingerprint density at radius 2 is 1.76 bits per heavy atom. The Kier molecular flexibility index (Phi) is 10.00. The Labute approximate surface area is 258 Å². The van der Waals surface area contributed by atoms with Crippen molar-refractivity contribution in [2.24, 2.45) is 17.6 Å². The summed E-state index contributed by atoms with van der Waals surface area (Å²) in [6.45, 7) is 4.90. The van der Waals surface area contributed by atoms with Gasteiger partial charge < -0.3 is 31.1 Å². The van der Waals surface area contributed by atoms with Gasteiger partial charge in [0.25, 0.3) is 5.91 Å². The van der Waals surface area contributed by atoms with Crippen LogP contribution in [0.1, 0.15) is 44.2 Å². The second-order valence-corrected chi connectivity index (χ2v) is 12.1. The maximum absolute atomic E-state index is 14.0. The molecule has 1 amide bonds. The van der Waals surface area contributed by atoms with Gasteiger partial charge in [0, 0.05) is 36.3 Å². The molecule has 0 spiro atoms. The number of unbranched alkanes of at least 4 members (excludes halogenated alkanes) is 1. The number of aliphatic hydroxyl groups is 3. The third-order valence-corrected chi connectivity index (χ3v) is 8.38. The summed E-state index contributed by atoms with van der Waals surface area (Å²) in [5.41, 5.74) is 1.16. The Hall–Kier alpha value is -4.10. The van der Waals surface area contributed by atoms with Gasteiger partial charge in [-0.1, -0.05) is 13.3 Å². The first-order valence-electron chi connectivity index (χ1n) is 13.9. The van der Waals surface area contributed by atoms with Crippen LogP contribution in [0.25, 0.3) is 5.76 Å². The van der Waals surface area contributed by atoms with E-state index in [1.807, 2.05) is 18.7 Å². The van der Waals surface area contributed by atoms with E-state index in [0.29, 0.717) is 24.3 Å². The topological polar surface area (TPSA) is 282 Å². The van der Waals surface area contributed by atoms with Crippen LogP contribution in [0.2, 0.25) is 0 Å². The van der Waals surface area contributed by atoms with Crippen molar-refractivity contribution in [1.29, 1.82) is 0 Å². The third-order valence-electron chi connectivity index (χ3n) is 8.38. The van der Waals surface area contributed by atoms with E-state index in [-0.39, 0.29) is 24.0 Å². The summed E-state index contributed by atoms with van der Waals surface area (Å²) in [5, 5.41) is 56.9. The maximum Gasteiger partial charge on any atom is 0.394 e. The Bertz CT molecular complexity index is 1610. The molecule has 3 aliphatic rings. The van der Waals surface area contributed by atoms with Crippen molar-refractivity contribution in [1.82, 2.24) is 4.90 Å². The first-order chi connectivity index (χ1) is 20.7. The lowest BCUT2D eigenvalue weighted by Crippen LogP contribution is -2.65. The summed E-state index contributed by atoms with van der Waals surface area (Å²) < 4.78 is 31.6. The van der Waals surface area contributed by atoms with Crippen molar-refractivity contribution < 1.29 is 57.3 Å². The summed E-state index contributed by atoms with van der Waals surface area (Å²) in [5.74, 6) is -8.09. The monoisotopic (exact) mass is 656 g/mol. The molecule has 17 nitrogen and oxygen atoms in total. The van der Waals surface area contributed by atoms with Crippen LogP contribution in [-0.2, 0) is 31.2 Å². The Morgan fingerprint density at radius 3 is 2.22 bits per heavy atom. The zero-order valence-corrected chi connectivity index (χ0v) is 25.7. The predicted octanol–water partition coefficient (Wildman–Crippen LogP) is 0.846. The first-order valence-corrected chi connectivity index (χ1v) is 15.3. The molecule has 45 heavy (non-hydrogen) atoms. The van der Waals surface area contributed by atoms with Crippen LogP contribution in [0.3, 0.4) is 0 Å². The fraction of sp³-hybridized carbons (Fsp3) is 0.519. The Morgan fingerprint density at radius 1 is 1.18 bits per heavy atom. The number of hydrogen-bond donors (Lipinski definition) is 7. The van der Waals surface area contributed by atoms with Gasteiger partial charge in [0.1, 0.15) is 17.1 Å². The number of amides is 1. The van der Waals surface area contributed by atoms with Gasteiger partial charge in [-0.25, -0.2) is 0 Å². The minimum absolute atomic E-state index is 0.0536. The standard InChI is InChI=1S/C27H34N4O9.H2O4S/c1-5-7-8-30(6-2)15-11-16(31(39)40)21(32)18-13(15)9-12-10-14-20(29(3)4)23(34)19(26(28)37)25(36)27(14,38)24(35)17(12)22(18)33;1-5(2,3)4/h11-12,14,20,32-33,36,38H,5-10H2,1-4H3,(H2,28,37);(H2,1,2,3,4)/t12?,14?,20-,27-;/m0./s1. The van der Waals surface area contributed by atoms with Crippen LogP contribution >= 0.6 is 0 Å². The van der Waals surface area contributed by atoms with Crippen LogP contribution in [0.15, 0.2) is 23.0 Å². The quantitative estimate of drug-likeness (QED) is 0.0883. The second kappa shape index (κ2) is 12.7. The molecule has 0 bridgehead atoms. The van der Waals surface area contributed by atoms with Gasteiger partial charge in [-0.15, -0.1) is 0 Å². The summed E-state index contributed by atoms with van der Waals surface area (Å²) in [4.78, 5) is 53.7. The highest BCUT2D eigenvalue weighted by Gasteiger charge is 2.64. The molecule has 2 unspecified atom stereocenters. The molecule has 4 rings (SSSR count). The van der Waals surface area contributed by atoms with E-state index < -0.39 is 84.8 Å². The number of phenols is 1. The van der Waals surface area contributed by atoms with Gasteiger partial charge in [-0.05, 0) is 51.8 Å². The molecule has 3 aliphatic carbocycles. The van der Waals surface area contributed by atoms with E-state index in [2.05, 4.69) is 0 Å². The molecule has 0 saturated heterocycles. The predicted molar refractivity (Wildman–Crippen MR) is 158 cm³/mol. The normalized spacial score (nSPS) is 24.4. The highest BCUT2D eigenvalue weighted by Crippen LogP contribution is 2.55. The summed E-state index contributed by atoms with van der Waals surface area (Å²) >= 11 is 0. The van der Waals surface area contributed by atoms with E-state index in [1.54, 1.807) is 0 Å². The number of nitro benzene ring substituents is 1. The molecule has 0 aromatic heterocycles. The van der Waals surface area contributed by atoms with E-state index >= 15 is 0 Å². The maximum atomic E-state index is 14.0. The number of carbonyl (C=O) groups is 3. The van der Waals surface area contributed by atoms with Crippen molar-refractivity contribution in [3.63, 3.8) is 0 Å². The van der Waals surface area contributed by atoms with Crippen LogP contribution < -0.4 is 10.6 Å². The van der Waals surface area contributed by atoms with Gasteiger partial charge in [-0.2, -0.15) is 8.42 Å². The molecule has 4 atom stereocenters. The van der Waals surface area contributed by atoms with Crippen molar-refractivity contribution in [3.8, 4) is 5.75 Å². The number of benzene rings is 1. The molecule has 8 N–H and O–H groups in total. The highest BCUT2D eigenvalue weighted by atomic mass is 32.3. The van der Waals surface area contributed by atoms with Gasteiger partial charge >= 0.3 is 16.1 Å². The van der Waals surface area contributed by atoms with Gasteiger partial charge in [0.05, 0.1) is 16.5 Å². The zero-order chi connectivity index (χ0) is 34.3. The number of Topliss-reactive ketones (excluding diaryl/α,β-unsaturated/α-hetero) is 2. The molecule has 18 heteroatoms. The number of carbonyl (C=O) groups excluding carboxylic acids is 3. The molecule has 1 fully saturated rings. The van der Waals surface area contributed by atoms with Crippen molar-refractivity contribution >= 4 is 45.0 Å². The number of rotatable bonds is 8. The van der Waals surface area contributed by atoms with Crippen LogP contribution in [-0.4, -0.2) is 104 Å². The Balaban J connectivity index is 0.00000102. The number of likely N-dealkylation sites (N-methyl/N-ethyl adjacent to an activating group) is 1. The lowest BCUT2D eigenvalue weighted by molar-refractivity contribution is -0.385. The number of hydrogen-bond acceptors (Lipinski definition) is 13. The molecule has 0 aliphatic heterocycles. The molecular weight excluding hydrogens is 620 g/mol. The number of anilines is 1. The number of fused-ring (bicyclic) bond motifs is 3. The van der Waals surface area contributed by atoms with Crippen molar-refractivity contribution in [2.45, 2.75) is 51.2 Å². The largest absolute Gasteiger partial charge is 0.508 e. The average Bonchev–Trinajstić information content (AvgIpc) is 2.90. The first kappa shape index (κ1) is 35.4. The minimum atomic E-state index is -4.67. The lowest BCUT2D eigenvalue weighted by atomic mass is 9.57. The molecular formula is C27H36N4O13S. The summed E-state index contributed by atoms with van der Waals surface area (Å²) in [6.07, 6.45) is 1.62. The third kappa shape index (κ3) is 6.23. The second-order valence-electron chi connectivity index (χ2n) is 11.2. The number of nitrogens with two attached hydrogens (primary N) is 1. The number of nitro groups is 1. The molecule has 0 heterocycles. The molecule has 1 saturated carbocycles. The number of ketones is 2. The van der Waals surface area contributed by atoms with Crippen molar-refractivity contribution in [2.75, 3.05) is 32.1 Å². The van der Waals surface area contributed by atoms with Gasteiger partial charge in [0.15, 0.2) is 11.4 Å². The fourth-order valence-corrected chi connectivity index (χ4v) is 6.50. The van der Waals surface area contributed by atoms with E-state index in [1.165, 1.54) is 25.1 Å². The molecule has 0 radical (unpaired) electrons. The zero-order valence-electron chi connectivity index (χ0n) is 24.9. The highest BCUT2D eigenvalue weighted by molar-refractivity contribution is 7.79. The minimum Gasteiger partial charge on any atom is -0.508 e. The molecule has 248 valence electrons. The smallest absolute Gasteiger partial charge is 0.394 e. The van der Waals surface area contributed by atoms with Crippen LogP contribution in [0.4, 0.5) is 11.4 Å². The van der Waals surface area contributed by atoms with Gasteiger partial charge in [0.2, 0.25) is 11.5 Å². The van der Waals surface area contributed by atoms with E-state index in [0.717, 1.165) is 12.8 Å². The SMILES string of the molecule is CCCCN(CC)c1cc([N+](=O)[O-])c(O)c2c1CC1CC3[C@H](N(C)C)C(=O)C(C(N)=O)=C(O)[C@@]3(O)C(=O)C1=C2O.O=S(=O)(O)O. The average molecular weight is 657 g/mol. The molecule has 1 aromatic carbocycles. The van der Waals surface area contributed by atoms with Crippen molar-refractivity contribution in [3.05, 3.63) is 44.2 Å². The number of phenolic OH excluding ortho intramolecular Hbond substituents is 1. The van der Waals surface area contributed by atoms with E-state index in [9.17, 15) is 44.9 Å². The number of nitrogens with zero attached hydrogens (tertiary/aromatic N) is 3. The fourth-order valence-electron chi connectivity index (χ4n) is 6.50. The lowest BCUT2D eigenvalue weighted by Gasteiger charge is -2.50. The van der Waals surface area contributed by atoms with Crippen LogP contribution in [0, 0.1) is 22.0 Å². The summed E-state index contributed by atoms with van der Waals surface area (Å²) in [7, 11) is -1.62. The number of aromatic hydroxyl groups is 1. The van der Waals surface area contributed by atoms with E-state index in [4.69, 9.17) is 23.3 Å². The van der Waals surface area contributed by atoms with Gasteiger partial charge in [-0.3, -0.25) is 38.5 Å². The number of primary amides is 1. The number of aliphatic hydroxyl groups excluding tert-OH is 2. The summed E-state index contributed by atoms with van der Waals surface area (Å²) in [6, 6.07) is 0.0615.